The highest BCUT2D eigenvalue weighted by molar-refractivity contribution is 5.56. The van der Waals surface area contributed by atoms with Crippen molar-refractivity contribution >= 4 is 0 Å². The first-order valence-electron chi connectivity index (χ1n) is 9.78. The van der Waals surface area contributed by atoms with Crippen molar-refractivity contribution in [2.75, 3.05) is 0 Å². The van der Waals surface area contributed by atoms with Crippen LogP contribution in [-0.4, -0.2) is 9.97 Å². The van der Waals surface area contributed by atoms with Gasteiger partial charge in [-0.15, -0.1) is 0 Å². The molecule has 1 fully saturated rings. The highest BCUT2D eigenvalue weighted by atomic mass is 14.7. The van der Waals surface area contributed by atoms with Crippen LogP contribution in [0.4, 0.5) is 0 Å². The van der Waals surface area contributed by atoms with Gasteiger partial charge in [0.2, 0.25) is 0 Å². The fourth-order valence-corrected chi connectivity index (χ4v) is 3.17. The average Bonchev–Trinajstić information content (AvgIpc) is 2.64. The molecule has 130 valence electrons. The number of hydrogen-bond donors (Lipinski definition) is 0. The van der Waals surface area contributed by atoms with E-state index in [-0.39, 0.29) is 0 Å². The number of nitrogens with zero attached hydrogens (tertiary/aromatic N) is 2. The van der Waals surface area contributed by atoms with Gasteiger partial charge in [-0.2, -0.15) is 0 Å². The van der Waals surface area contributed by atoms with Crippen molar-refractivity contribution in [1.82, 2.24) is 9.97 Å². The molecule has 2 heterocycles. The van der Waals surface area contributed by atoms with E-state index in [1.54, 1.807) is 12.4 Å². The first-order chi connectivity index (χ1) is 12.0. The summed E-state index contributed by atoms with van der Waals surface area (Å²) in [6.45, 7) is 0. The molecule has 1 aliphatic rings. The highest BCUT2D eigenvalue weighted by Crippen LogP contribution is 2.16. The molecule has 2 aromatic heterocycles. The second-order valence-electron chi connectivity index (χ2n) is 6.70. The van der Waals surface area contributed by atoms with Crippen molar-refractivity contribution in [3.05, 3.63) is 48.9 Å². The van der Waals surface area contributed by atoms with Crippen molar-refractivity contribution in [2.45, 2.75) is 77.0 Å². The Kier molecular flexibility index (Phi) is 9.85. The Balaban J connectivity index is 0.000000174. The van der Waals surface area contributed by atoms with E-state index in [0.717, 1.165) is 11.3 Å². The maximum absolute atomic E-state index is 4.21. The van der Waals surface area contributed by atoms with Crippen LogP contribution < -0.4 is 0 Å². The van der Waals surface area contributed by atoms with Crippen molar-refractivity contribution in [1.29, 1.82) is 0 Å². The lowest BCUT2D eigenvalue weighted by molar-refractivity contribution is 0.504. The minimum Gasteiger partial charge on any atom is -0.264 e. The molecular formula is C22H32N2. The van der Waals surface area contributed by atoms with Gasteiger partial charge in [0, 0.05) is 24.2 Å². The van der Waals surface area contributed by atoms with Gasteiger partial charge < -0.3 is 0 Å². The Bertz CT molecular complexity index is 429. The maximum atomic E-state index is 4.21. The minimum atomic E-state index is 0.964. The van der Waals surface area contributed by atoms with Crippen LogP contribution in [0, 0.1) is 0 Å². The lowest BCUT2D eigenvalue weighted by Crippen LogP contribution is -1.85. The van der Waals surface area contributed by atoms with Crippen LogP contribution in [0.3, 0.4) is 0 Å². The van der Waals surface area contributed by atoms with Gasteiger partial charge in [-0.25, -0.2) is 0 Å². The SMILES string of the molecule is C1CCCCCCCCCCC1.c1ccc(-c2cccnc2)nc1. The Morgan fingerprint density at radius 1 is 0.542 bits per heavy atom. The van der Waals surface area contributed by atoms with Crippen LogP contribution in [0.5, 0.6) is 0 Å². The predicted molar refractivity (Wildman–Crippen MR) is 103 cm³/mol. The fourth-order valence-electron chi connectivity index (χ4n) is 3.17. The molecule has 0 N–H and O–H groups in total. The zero-order valence-corrected chi connectivity index (χ0v) is 15.0. The number of rotatable bonds is 1. The van der Waals surface area contributed by atoms with E-state index in [1.807, 2.05) is 36.5 Å². The van der Waals surface area contributed by atoms with Crippen LogP contribution >= 0.6 is 0 Å². The van der Waals surface area contributed by atoms with Crippen molar-refractivity contribution in [2.24, 2.45) is 0 Å². The van der Waals surface area contributed by atoms with Crippen molar-refractivity contribution in [3.63, 3.8) is 0 Å². The summed E-state index contributed by atoms with van der Waals surface area (Å²) in [7, 11) is 0. The number of pyridine rings is 2. The first-order valence-corrected chi connectivity index (χ1v) is 9.78. The average molecular weight is 325 g/mol. The zero-order valence-electron chi connectivity index (χ0n) is 15.0. The summed E-state index contributed by atoms with van der Waals surface area (Å²) in [6, 6.07) is 9.74. The monoisotopic (exact) mass is 324 g/mol. The lowest BCUT2D eigenvalue weighted by atomic mass is 10.0. The Morgan fingerprint density at radius 3 is 1.46 bits per heavy atom. The van der Waals surface area contributed by atoms with E-state index in [1.165, 1.54) is 77.0 Å². The van der Waals surface area contributed by atoms with E-state index in [0.29, 0.717) is 0 Å². The number of hydrogen-bond acceptors (Lipinski definition) is 2. The molecular weight excluding hydrogens is 292 g/mol. The molecule has 0 unspecified atom stereocenters. The summed E-state index contributed by atoms with van der Waals surface area (Å²) in [5.74, 6) is 0. The molecule has 0 bridgehead atoms. The number of aromatic nitrogens is 2. The Hall–Kier alpha value is -1.70. The third kappa shape index (κ3) is 8.24. The third-order valence-electron chi connectivity index (χ3n) is 4.62. The summed E-state index contributed by atoms with van der Waals surface area (Å²) in [4.78, 5) is 8.23. The van der Waals surface area contributed by atoms with Gasteiger partial charge in [0.05, 0.1) is 5.69 Å². The smallest absolute Gasteiger partial charge is 0.0717 e. The topological polar surface area (TPSA) is 25.8 Å². The second-order valence-corrected chi connectivity index (χ2v) is 6.70. The molecule has 2 nitrogen and oxygen atoms in total. The van der Waals surface area contributed by atoms with Crippen LogP contribution in [0.1, 0.15) is 77.0 Å². The lowest BCUT2D eigenvalue weighted by Gasteiger charge is -2.05. The quantitative estimate of drug-likeness (QED) is 0.575. The zero-order chi connectivity index (χ0) is 16.7. The standard InChI is InChI=1S/C12H24.C10H8N2/c1-2-4-6-8-10-12-11-9-7-5-3-1;1-2-7-12-10(5-1)9-4-3-6-11-8-9/h1-12H2;1-8H. The Labute approximate surface area is 147 Å². The fraction of sp³-hybridized carbons (Fsp3) is 0.545. The molecule has 3 rings (SSSR count). The van der Waals surface area contributed by atoms with Gasteiger partial charge in [-0.05, 0) is 24.3 Å². The van der Waals surface area contributed by atoms with Gasteiger partial charge in [-0.1, -0.05) is 83.1 Å². The maximum Gasteiger partial charge on any atom is 0.0717 e. The van der Waals surface area contributed by atoms with Gasteiger partial charge in [0.25, 0.3) is 0 Å². The summed E-state index contributed by atoms with van der Waals surface area (Å²) >= 11 is 0. The molecule has 2 heteroatoms. The van der Waals surface area contributed by atoms with Crippen LogP contribution in [0.25, 0.3) is 11.3 Å². The van der Waals surface area contributed by atoms with Crippen molar-refractivity contribution < 1.29 is 0 Å². The summed E-state index contributed by atoms with van der Waals surface area (Å²) in [5.41, 5.74) is 2.02. The largest absolute Gasteiger partial charge is 0.264 e. The van der Waals surface area contributed by atoms with Crippen LogP contribution in [0.2, 0.25) is 0 Å². The molecule has 1 aliphatic carbocycles. The van der Waals surface area contributed by atoms with Gasteiger partial charge in [0.15, 0.2) is 0 Å². The molecule has 24 heavy (non-hydrogen) atoms. The minimum absolute atomic E-state index is 0.964. The summed E-state index contributed by atoms with van der Waals surface area (Å²) in [6.07, 6.45) is 23.3. The summed E-state index contributed by atoms with van der Waals surface area (Å²) < 4.78 is 0. The molecule has 0 atom stereocenters. The normalized spacial score (nSPS) is 16.8. The second kappa shape index (κ2) is 12.7. The van der Waals surface area contributed by atoms with E-state index in [9.17, 15) is 0 Å². The molecule has 0 radical (unpaired) electrons. The molecule has 0 aliphatic heterocycles. The van der Waals surface area contributed by atoms with Crippen molar-refractivity contribution in [3.8, 4) is 11.3 Å². The van der Waals surface area contributed by atoms with E-state index >= 15 is 0 Å². The van der Waals surface area contributed by atoms with E-state index in [2.05, 4.69) is 9.97 Å². The van der Waals surface area contributed by atoms with Crippen LogP contribution in [-0.2, 0) is 0 Å². The predicted octanol–water partition coefficient (Wildman–Crippen LogP) is 6.82. The molecule has 0 aromatic carbocycles. The van der Waals surface area contributed by atoms with Gasteiger partial charge in [0.1, 0.15) is 0 Å². The molecule has 0 saturated heterocycles. The molecule has 1 saturated carbocycles. The van der Waals surface area contributed by atoms with Gasteiger partial charge in [-0.3, -0.25) is 9.97 Å². The highest BCUT2D eigenvalue weighted by Gasteiger charge is 1.96. The van der Waals surface area contributed by atoms with Crippen LogP contribution in [0.15, 0.2) is 48.9 Å². The molecule has 0 amide bonds. The molecule has 0 spiro atoms. The summed E-state index contributed by atoms with van der Waals surface area (Å²) in [5, 5.41) is 0. The van der Waals surface area contributed by atoms with Gasteiger partial charge >= 0.3 is 0 Å². The Morgan fingerprint density at radius 2 is 1.08 bits per heavy atom. The van der Waals surface area contributed by atoms with E-state index < -0.39 is 0 Å². The third-order valence-corrected chi connectivity index (χ3v) is 4.62. The molecule has 2 aromatic rings. The van der Waals surface area contributed by atoms with E-state index in [4.69, 9.17) is 0 Å². The first kappa shape index (κ1) is 18.6.